The highest BCUT2D eigenvalue weighted by Crippen LogP contribution is 2.26. The monoisotopic (exact) mass is 344 g/mol. The Balaban J connectivity index is 1.44. The molecule has 2 aromatic rings. The van der Waals surface area contributed by atoms with Crippen LogP contribution in [0.25, 0.3) is 5.52 Å². The average Bonchev–Trinajstić information content (AvgIpc) is 3.17. The standard InChI is InChI=1S/C19H28N4O2/c1-15-20-18(19-4-2-3-5-23(15)19)13-22-11-16(17(12-22)14-24)10-21-6-8-25-9-7-21/h2-5,16-17,24H,6-14H2,1H3/t16-,17-/m1/s1. The van der Waals surface area contributed by atoms with Crippen LogP contribution in [0.4, 0.5) is 0 Å². The van der Waals surface area contributed by atoms with Crippen LogP contribution in [0.5, 0.6) is 0 Å². The van der Waals surface area contributed by atoms with Gasteiger partial charge in [-0.1, -0.05) is 6.07 Å². The van der Waals surface area contributed by atoms with Crippen molar-refractivity contribution in [3.05, 3.63) is 35.9 Å². The second-order valence-corrected chi connectivity index (χ2v) is 7.37. The first-order chi connectivity index (χ1) is 12.2. The Labute approximate surface area is 149 Å². The quantitative estimate of drug-likeness (QED) is 0.878. The lowest BCUT2D eigenvalue weighted by Crippen LogP contribution is -2.41. The summed E-state index contributed by atoms with van der Waals surface area (Å²) in [7, 11) is 0. The summed E-state index contributed by atoms with van der Waals surface area (Å²) in [6, 6.07) is 6.25. The molecule has 0 spiro atoms. The molecule has 136 valence electrons. The van der Waals surface area contributed by atoms with Gasteiger partial charge in [-0.3, -0.25) is 9.80 Å². The van der Waals surface area contributed by atoms with Crippen molar-refractivity contribution >= 4 is 5.52 Å². The predicted octanol–water partition coefficient (Wildman–Crippen LogP) is 1.02. The van der Waals surface area contributed by atoms with E-state index in [2.05, 4.69) is 39.5 Å². The van der Waals surface area contributed by atoms with Gasteiger partial charge in [-0.05, 0) is 30.9 Å². The Morgan fingerprint density at radius 3 is 2.76 bits per heavy atom. The van der Waals surface area contributed by atoms with Crippen LogP contribution in [0.15, 0.2) is 24.4 Å². The fourth-order valence-corrected chi connectivity index (χ4v) is 4.29. The first-order valence-corrected chi connectivity index (χ1v) is 9.30. The van der Waals surface area contributed by atoms with E-state index in [1.807, 2.05) is 6.07 Å². The minimum Gasteiger partial charge on any atom is -0.396 e. The van der Waals surface area contributed by atoms with Crippen LogP contribution in [-0.4, -0.2) is 76.8 Å². The van der Waals surface area contributed by atoms with E-state index in [0.29, 0.717) is 11.8 Å². The number of likely N-dealkylation sites (tertiary alicyclic amines) is 1. The van der Waals surface area contributed by atoms with Gasteiger partial charge in [-0.25, -0.2) is 4.98 Å². The number of ether oxygens (including phenoxy) is 1. The summed E-state index contributed by atoms with van der Waals surface area (Å²) in [5, 5.41) is 9.84. The Morgan fingerprint density at radius 2 is 1.96 bits per heavy atom. The molecule has 2 atom stereocenters. The molecule has 2 saturated heterocycles. The fraction of sp³-hybridized carbons (Fsp3) is 0.632. The zero-order valence-corrected chi connectivity index (χ0v) is 15.0. The number of rotatable bonds is 5. The normalized spacial score (nSPS) is 25.8. The van der Waals surface area contributed by atoms with Gasteiger partial charge in [0, 0.05) is 52.1 Å². The molecule has 2 aliphatic heterocycles. The van der Waals surface area contributed by atoms with Gasteiger partial charge in [0.25, 0.3) is 0 Å². The molecular weight excluding hydrogens is 316 g/mol. The van der Waals surface area contributed by atoms with Gasteiger partial charge in [0.2, 0.25) is 0 Å². The molecule has 6 heteroatoms. The summed E-state index contributed by atoms with van der Waals surface area (Å²) in [5.74, 6) is 1.92. The minimum absolute atomic E-state index is 0.272. The molecule has 0 aromatic carbocycles. The molecule has 4 heterocycles. The molecule has 0 unspecified atom stereocenters. The summed E-state index contributed by atoms with van der Waals surface area (Å²) in [4.78, 5) is 9.72. The van der Waals surface area contributed by atoms with E-state index in [9.17, 15) is 5.11 Å². The Morgan fingerprint density at radius 1 is 1.16 bits per heavy atom. The third-order valence-electron chi connectivity index (χ3n) is 5.66. The molecule has 0 saturated carbocycles. The minimum atomic E-state index is 0.272. The van der Waals surface area contributed by atoms with E-state index in [-0.39, 0.29) is 6.61 Å². The van der Waals surface area contributed by atoms with Crippen LogP contribution >= 0.6 is 0 Å². The van der Waals surface area contributed by atoms with Gasteiger partial charge in [-0.15, -0.1) is 0 Å². The van der Waals surface area contributed by atoms with Crippen LogP contribution in [0, 0.1) is 18.8 Å². The second kappa shape index (κ2) is 7.41. The first-order valence-electron chi connectivity index (χ1n) is 9.30. The van der Waals surface area contributed by atoms with E-state index >= 15 is 0 Å². The Kier molecular flexibility index (Phi) is 5.03. The number of aromatic nitrogens is 2. The van der Waals surface area contributed by atoms with Crippen molar-refractivity contribution in [3.8, 4) is 0 Å². The lowest BCUT2D eigenvalue weighted by atomic mass is 9.96. The average molecular weight is 344 g/mol. The van der Waals surface area contributed by atoms with E-state index in [4.69, 9.17) is 9.72 Å². The van der Waals surface area contributed by atoms with Crippen molar-refractivity contribution in [1.82, 2.24) is 19.2 Å². The highest BCUT2D eigenvalue weighted by molar-refractivity contribution is 5.53. The molecule has 0 aliphatic carbocycles. The van der Waals surface area contributed by atoms with Crippen molar-refractivity contribution in [2.45, 2.75) is 13.5 Å². The van der Waals surface area contributed by atoms with Gasteiger partial charge in [0.05, 0.1) is 24.4 Å². The molecule has 4 rings (SSSR count). The van der Waals surface area contributed by atoms with Gasteiger partial charge in [-0.2, -0.15) is 0 Å². The van der Waals surface area contributed by atoms with Crippen LogP contribution in [0.1, 0.15) is 11.5 Å². The Bertz CT molecular complexity index is 711. The summed E-state index contributed by atoms with van der Waals surface area (Å²) in [5.41, 5.74) is 2.33. The molecule has 2 aromatic heterocycles. The summed E-state index contributed by atoms with van der Waals surface area (Å²) in [6.07, 6.45) is 2.07. The van der Waals surface area contributed by atoms with Gasteiger partial charge in [0.15, 0.2) is 0 Å². The fourth-order valence-electron chi connectivity index (χ4n) is 4.29. The van der Waals surface area contributed by atoms with Crippen LogP contribution in [-0.2, 0) is 11.3 Å². The van der Waals surface area contributed by atoms with E-state index < -0.39 is 0 Å². The largest absolute Gasteiger partial charge is 0.396 e. The number of nitrogens with zero attached hydrogens (tertiary/aromatic N) is 4. The number of fused-ring (bicyclic) bond motifs is 1. The molecule has 1 N–H and O–H groups in total. The molecule has 2 fully saturated rings. The van der Waals surface area contributed by atoms with Crippen molar-refractivity contribution in [3.63, 3.8) is 0 Å². The van der Waals surface area contributed by atoms with Crippen molar-refractivity contribution in [2.24, 2.45) is 11.8 Å². The highest BCUT2D eigenvalue weighted by atomic mass is 16.5. The van der Waals surface area contributed by atoms with Crippen molar-refractivity contribution in [1.29, 1.82) is 0 Å². The number of morpholine rings is 1. The maximum atomic E-state index is 9.84. The molecule has 6 nitrogen and oxygen atoms in total. The van der Waals surface area contributed by atoms with E-state index in [1.54, 1.807) is 0 Å². The lowest BCUT2D eigenvalue weighted by molar-refractivity contribution is 0.0264. The molecule has 2 aliphatic rings. The zero-order chi connectivity index (χ0) is 17.2. The molecular formula is C19H28N4O2. The third-order valence-corrected chi connectivity index (χ3v) is 5.66. The van der Waals surface area contributed by atoms with E-state index in [0.717, 1.165) is 64.0 Å². The van der Waals surface area contributed by atoms with Crippen molar-refractivity contribution in [2.75, 3.05) is 52.5 Å². The maximum absolute atomic E-state index is 9.84. The van der Waals surface area contributed by atoms with Crippen LogP contribution in [0.2, 0.25) is 0 Å². The number of hydrogen-bond acceptors (Lipinski definition) is 5. The smallest absolute Gasteiger partial charge is 0.110 e. The number of aliphatic hydroxyl groups excluding tert-OH is 1. The van der Waals surface area contributed by atoms with E-state index in [1.165, 1.54) is 5.52 Å². The third kappa shape index (κ3) is 3.58. The summed E-state index contributed by atoms with van der Waals surface area (Å²) < 4.78 is 7.60. The molecule has 0 bridgehead atoms. The summed E-state index contributed by atoms with van der Waals surface area (Å²) >= 11 is 0. The number of pyridine rings is 1. The SMILES string of the molecule is Cc1nc(CN2C[C@@H](CN3CCOCC3)[C@@H](CO)C2)c2ccccn12. The first kappa shape index (κ1) is 17.0. The topological polar surface area (TPSA) is 53.2 Å². The number of hydrogen-bond donors (Lipinski definition) is 1. The Hall–Kier alpha value is -1.47. The molecule has 25 heavy (non-hydrogen) atoms. The van der Waals surface area contributed by atoms with Gasteiger partial charge >= 0.3 is 0 Å². The van der Waals surface area contributed by atoms with Crippen LogP contribution in [0.3, 0.4) is 0 Å². The highest BCUT2D eigenvalue weighted by Gasteiger charge is 2.34. The molecule has 0 amide bonds. The van der Waals surface area contributed by atoms with Crippen molar-refractivity contribution < 1.29 is 9.84 Å². The zero-order valence-electron chi connectivity index (χ0n) is 15.0. The number of imidazole rings is 1. The van der Waals surface area contributed by atoms with Crippen LogP contribution < -0.4 is 0 Å². The number of aliphatic hydroxyl groups is 1. The van der Waals surface area contributed by atoms with Gasteiger partial charge < -0.3 is 14.2 Å². The maximum Gasteiger partial charge on any atom is 0.110 e. The van der Waals surface area contributed by atoms with Gasteiger partial charge in [0.1, 0.15) is 5.82 Å². The predicted molar refractivity (Wildman–Crippen MR) is 96.5 cm³/mol. The summed E-state index contributed by atoms with van der Waals surface area (Å²) in [6.45, 7) is 9.93. The lowest BCUT2D eigenvalue weighted by Gasteiger charge is -2.30. The molecule has 0 radical (unpaired) electrons. The number of aryl methyl sites for hydroxylation is 1. The second-order valence-electron chi connectivity index (χ2n) is 7.37.